The van der Waals surface area contributed by atoms with Crippen molar-refractivity contribution in [2.75, 3.05) is 25.0 Å². The number of carbonyl (C=O) groups excluding carboxylic acids is 1. The maximum Gasteiger partial charge on any atom is 0.254 e. The van der Waals surface area contributed by atoms with E-state index in [1.165, 1.54) is 0 Å². The number of hydrogen-bond donors (Lipinski definition) is 2. The number of amides is 1. The zero-order valence-corrected chi connectivity index (χ0v) is 12.2. The number of rotatable bonds is 7. The van der Waals surface area contributed by atoms with Gasteiger partial charge in [-0.2, -0.15) is 0 Å². The molecule has 1 saturated carbocycles. The average Bonchev–Trinajstić information content (AvgIpc) is 3.25. The highest BCUT2D eigenvalue weighted by Gasteiger charge is 2.32. The second-order valence-corrected chi connectivity index (χ2v) is 5.26. The molecule has 0 radical (unpaired) electrons. The van der Waals surface area contributed by atoms with E-state index in [2.05, 4.69) is 17.2 Å². The summed E-state index contributed by atoms with van der Waals surface area (Å²) in [6.45, 7) is 5.23. The molecule has 0 aliphatic heterocycles. The lowest BCUT2D eigenvalue weighted by Gasteiger charge is -2.21. The van der Waals surface area contributed by atoms with Crippen LogP contribution >= 0.6 is 0 Å². The number of anilines is 1. The van der Waals surface area contributed by atoms with Crippen molar-refractivity contribution in [1.82, 2.24) is 9.88 Å². The summed E-state index contributed by atoms with van der Waals surface area (Å²) in [5, 5.41) is 12.3. The van der Waals surface area contributed by atoms with E-state index in [0.29, 0.717) is 18.2 Å². The molecule has 1 aliphatic rings. The molecule has 1 amide bonds. The number of aliphatic hydroxyl groups excluding tert-OH is 1. The van der Waals surface area contributed by atoms with E-state index in [9.17, 15) is 4.79 Å². The number of aliphatic hydroxyl groups is 1. The fourth-order valence-corrected chi connectivity index (χ4v) is 2.25. The third-order valence-electron chi connectivity index (χ3n) is 3.35. The first-order chi connectivity index (χ1) is 9.65. The van der Waals surface area contributed by atoms with Crippen LogP contribution in [0.1, 0.15) is 42.2 Å². The van der Waals surface area contributed by atoms with E-state index in [1.807, 2.05) is 13.0 Å². The standard InChI is InChI=1S/C15H23N3O2/c1-3-6-16-14-10-12(9-11(2)17-14)15(20)18(7-8-19)13-4-5-13/h9-10,13,19H,3-8H2,1-2H3,(H,16,17). The van der Waals surface area contributed by atoms with Crippen LogP contribution in [0.4, 0.5) is 5.82 Å². The molecule has 0 atom stereocenters. The Morgan fingerprint density at radius 3 is 2.85 bits per heavy atom. The van der Waals surface area contributed by atoms with Gasteiger partial charge in [-0.05, 0) is 38.3 Å². The van der Waals surface area contributed by atoms with Gasteiger partial charge in [-0.25, -0.2) is 4.98 Å². The molecule has 1 aromatic heterocycles. The Morgan fingerprint density at radius 2 is 2.25 bits per heavy atom. The highest BCUT2D eigenvalue weighted by molar-refractivity contribution is 5.95. The van der Waals surface area contributed by atoms with E-state index in [-0.39, 0.29) is 12.5 Å². The van der Waals surface area contributed by atoms with Crippen molar-refractivity contribution in [3.05, 3.63) is 23.4 Å². The highest BCUT2D eigenvalue weighted by Crippen LogP contribution is 2.28. The number of hydrogen-bond acceptors (Lipinski definition) is 4. The number of carbonyl (C=O) groups is 1. The van der Waals surface area contributed by atoms with Gasteiger partial charge in [-0.15, -0.1) is 0 Å². The molecule has 1 fully saturated rings. The van der Waals surface area contributed by atoms with Gasteiger partial charge in [0.25, 0.3) is 5.91 Å². The molecular weight excluding hydrogens is 254 g/mol. The summed E-state index contributed by atoms with van der Waals surface area (Å²) in [4.78, 5) is 18.7. The molecular formula is C15H23N3O2. The fourth-order valence-electron chi connectivity index (χ4n) is 2.25. The quantitative estimate of drug-likeness (QED) is 0.797. The Bertz CT molecular complexity index is 472. The summed E-state index contributed by atoms with van der Waals surface area (Å²) in [6, 6.07) is 3.92. The van der Waals surface area contributed by atoms with Gasteiger partial charge in [0.15, 0.2) is 0 Å². The summed E-state index contributed by atoms with van der Waals surface area (Å²) in [5.74, 6) is 0.738. The van der Waals surface area contributed by atoms with Crippen LogP contribution in [0.2, 0.25) is 0 Å². The normalized spacial score (nSPS) is 14.2. The van der Waals surface area contributed by atoms with Crippen molar-refractivity contribution in [3.63, 3.8) is 0 Å². The number of nitrogens with one attached hydrogen (secondary N) is 1. The predicted molar refractivity (Wildman–Crippen MR) is 78.9 cm³/mol. The summed E-state index contributed by atoms with van der Waals surface area (Å²) in [7, 11) is 0. The van der Waals surface area contributed by atoms with Gasteiger partial charge >= 0.3 is 0 Å². The van der Waals surface area contributed by atoms with Crippen LogP contribution in [-0.2, 0) is 0 Å². The second kappa shape index (κ2) is 6.70. The van der Waals surface area contributed by atoms with Gasteiger partial charge < -0.3 is 15.3 Å². The number of aromatic nitrogens is 1. The first-order valence-electron chi connectivity index (χ1n) is 7.30. The summed E-state index contributed by atoms with van der Waals surface area (Å²) < 4.78 is 0. The topological polar surface area (TPSA) is 65.5 Å². The molecule has 5 heteroatoms. The van der Waals surface area contributed by atoms with Gasteiger partial charge in [0.1, 0.15) is 5.82 Å². The van der Waals surface area contributed by atoms with Crippen molar-refractivity contribution in [1.29, 1.82) is 0 Å². The molecule has 0 bridgehead atoms. The van der Waals surface area contributed by atoms with E-state index in [4.69, 9.17) is 5.11 Å². The monoisotopic (exact) mass is 277 g/mol. The molecule has 1 aliphatic carbocycles. The SMILES string of the molecule is CCCNc1cc(C(=O)N(CCO)C2CC2)cc(C)n1. The van der Waals surface area contributed by atoms with Crippen LogP contribution in [0, 0.1) is 6.92 Å². The zero-order valence-electron chi connectivity index (χ0n) is 12.2. The fraction of sp³-hybridized carbons (Fsp3) is 0.600. The second-order valence-electron chi connectivity index (χ2n) is 5.26. The largest absolute Gasteiger partial charge is 0.395 e. The minimum Gasteiger partial charge on any atom is -0.395 e. The van der Waals surface area contributed by atoms with Crippen molar-refractivity contribution in [2.45, 2.75) is 39.2 Å². The maximum atomic E-state index is 12.6. The zero-order chi connectivity index (χ0) is 14.5. The number of pyridine rings is 1. The first-order valence-corrected chi connectivity index (χ1v) is 7.30. The summed E-state index contributed by atoms with van der Waals surface area (Å²) in [6.07, 6.45) is 3.09. The Labute approximate surface area is 120 Å². The molecule has 1 heterocycles. The molecule has 110 valence electrons. The van der Waals surface area contributed by atoms with Gasteiger partial charge in [0, 0.05) is 30.4 Å². The Morgan fingerprint density at radius 1 is 1.50 bits per heavy atom. The van der Waals surface area contributed by atoms with Crippen molar-refractivity contribution >= 4 is 11.7 Å². The van der Waals surface area contributed by atoms with Crippen LogP contribution in [0.15, 0.2) is 12.1 Å². The van der Waals surface area contributed by atoms with Crippen LogP contribution < -0.4 is 5.32 Å². The molecule has 5 nitrogen and oxygen atoms in total. The Kier molecular flexibility index (Phi) is 4.95. The van der Waals surface area contributed by atoms with E-state index in [0.717, 1.165) is 37.3 Å². The lowest BCUT2D eigenvalue weighted by atomic mass is 10.2. The Hall–Kier alpha value is -1.62. The van der Waals surface area contributed by atoms with Crippen molar-refractivity contribution in [3.8, 4) is 0 Å². The minimum absolute atomic E-state index is 0.00719. The molecule has 0 unspecified atom stereocenters. The molecule has 0 aromatic carbocycles. The molecule has 2 rings (SSSR count). The average molecular weight is 277 g/mol. The number of aryl methyl sites for hydroxylation is 1. The van der Waals surface area contributed by atoms with Crippen LogP contribution in [0.3, 0.4) is 0 Å². The van der Waals surface area contributed by atoms with Crippen molar-refractivity contribution < 1.29 is 9.90 Å². The van der Waals surface area contributed by atoms with Gasteiger partial charge in [0.05, 0.1) is 6.61 Å². The minimum atomic E-state index is -0.00778. The van der Waals surface area contributed by atoms with Crippen LogP contribution in [-0.4, -0.2) is 46.6 Å². The number of nitrogens with zero attached hydrogens (tertiary/aromatic N) is 2. The molecule has 1 aromatic rings. The molecule has 0 spiro atoms. The third-order valence-corrected chi connectivity index (χ3v) is 3.35. The van der Waals surface area contributed by atoms with Crippen LogP contribution in [0.25, 0.3) is 0 Å². The molecule has 0 saturated heterocycles. The molecule has 20 heavy (non-hydrogen) atoms. The smallest absolute Gasteiger partial charge is 0.254 e. The lowest BCUT2D eigenvalue weighted by molar-refractivity contribution is 0.0707. The van der Waals surface area contributed by atoms with Gasteiger partial charge in [-0.1, -0.05) is 6.92 Å². The third kappa shape index (κ3) is 3.70. The van der Waals surface area contributed by atoms with E-state index in [1.54, 1.807) is 11.0 Å². The van der Waals surface area contributed by atoms with E-state index < -0.39 is 0 Å². The first kappa shape index (κ1) is 14.8. The summed E-state index contributed by atoms with van der Waals surface area (Å²) in [5.41, 5.74) is 1.48. The van der Waals surface area contributed by atoms with Crippen LogP contribution in [0.5, 0.6) is 0 Å². The lowest BCUT2D eigenvalue weighted by Crippen LogP contribution is -2.35. The van der Waals surface area contributed by atoms with E-state index >= 15 is 0 Å². The predicted octanol–water partition coefficient (Wildman–Crippen LogP) is 1.81. The van der Waals surface area contributed by atoms with Gasteiger partial charge in [-0.3, -0.25) is 4.79 Å². The van der Waals surface area contributed by atoms with Gasteiger partial charge in [0.2, 0.25) is 0 Å². The maximum absolute atomic E-state index is 12.6. The Balaban J connectivity index is 2.17. The highest BCUT2D eigenvalue weighted by atomic mass is 16.3. The molecule has 2 N–H and O–H groups in total. The van der Waals surface area contributed by atoms with Crippen molar-refractivity contribution in [2.24, 2.45) is 0 Å². The summed E-state index contributed by atoms with van der Waals surface area (Å²) >= 11 is 0.